The molecular weight excluding hydrogens is 218 g/mol. The predicted octanol–water partition coefficient (Wildman–Crippen LogP) is 1.61. The van der Waals surface area contributed by atoms with Crippen LogP contribution in [0.1, 0.15) is 28.8 Å². The zero-order valence-electron chi connectivity index (χ0n) is 10.1. The van der Waals surface area contributed by atoms with Crippen molar-refractivity contribution < 1.29 is 14.6 Å². The lowest BCUT2D eigenvalue weighted by molar-refractivity contribution is 0.0176. The summed E-state index contributed by atoms with van der Waals surface area (Å²) >= 11 is 0. The lowest BCUT2D eigenvalue weighted by Crippen LogP contribution is -2.47. The van der Waals surface area contributed by atoms with Crippen LogP contribution in [-0.2, 0) is 4.74 Å². The number of aryl methyl sites for hydroxylation is 1. The highest BCUT2D eigenvalue weighted by atomic mass is 16.5. The quantitative estimate of drug-likeness (QED) is 0.836. The van der Waals surface area contributed by atoms with Crippen LogP contribution in [0.5, 0.6) is 5.75 Å². The van der Waals surface area contributed by atoms with E-state index in [1.54, 1.807) is 25.3 Å². The maximum absolute atomic E-state index is 11.9. The molecule has 0 spiro atoms. The van der Waals surface area contributed by atoms with Crippen molar-refractivity contribution in [2.24, 2.45) is 0 Å². The first kappa shape index (κ1) is 11.9. The number of hydrogen-bond donors (Lipinski definition) is 2. The van der Waals surface area contributed by atoms with Crippen molar-refractivity contribution in [3.8, 4) is 5.75 Å². The monoisotopic (exact) mass is 235 g/mol. The second kappa shape index (κ2) is 4.75. The smallest absolute Gasteiger partial charge is 0.255 e. The fourth-order valence-electron chi connectivity index (χ4n) is 1.97. The average molecular weight is 235 g/mol. The molecule has 1 aromatic carbocycles. The highest BCUT2D eigenvalue weighted by Gasteiger charge is 2.30. The summed E-state index contributed by atoms with van der Waals surface area (Å²) in [4.78, 5) is 11.9. The summed E-state index contributed by atoms with van der Waals surface area (Å²) in [6, 6.07) is 5.17. The lowest BCUT2D eigenvalue weighted by Gasteiger charge is -2.34. The second-order valence-electron chi connectivity index (χ2n) is 4.52. The van der Waals surface area contributed by atoms with Crippen LogP contribution in [0.2, 0.25) is 0 Å². The Balaban J connectivity index is 1.98. The number of hydrogen-bond acceptors (Lipinski definition) is 3. The third kappa shape index (κ3) is 2.58. The van der Waals surface area contributed by atoms with E-state index in [9.17, 15) is 9.90 Å². The first-order valence-corrected chi connectivity index (χ1v) is 5.73. The molecule has 2 N–H and O–H groups in total. The highest BCUT2D eigenvalue weighted by Crippen LogP contribution is 2.24. The third-order valence-electron chi connectivity index (χ3n) is 3.16. The Hall–Kier alpha value is -1.55. The molecule has 1 fully saturated rings. The SMILES string of the molecule is COC1CC(NC(=O)c2cc(C)ccc2O)C1. The van der Waals surface area contributed by atoms with Crippen LogP contribution in [0.25, 0.3) is 0 Å². The molecule has 92 valence electrons. The van der Waals surface area contributed by atoms with E-state index in [1.807, 2.05) is 6.92 Å². The predicted molar refractivity (Wildman–Crippen MR) is 64.1 cm³/mol. The number of carbonyl (C=O) groups excluding carboxylic acids is 1. The average Bonchev–Trinajstić information content (AvgIpc) is 2.25. The van der Waals surface area contributed by atoms with Crippen LogP contribution in [-0.4, -0.2) is 30.3 Å². The maximum Gasteiger partial charge on any atom is 0.255 e. The molecule has 0 unspecified atom stereocenters. The van der Waals surface area contributed by atoms with E-state index in [0.717, 1.165) is 18.4 Å². The van der Waals surface area contributed by atoms with Gasteiger partial charge in [0.1, 0.15) is 5.75 Å². The van der Waals surface area contributed by atoms with Crippen molar-refractivity contribution in [1.82, 2.24) is 5.32 Å². The maximum atomic E-state index is 11.9. The van der Waals surface area contributed by atoms with Crippen molar-refractivity contribution >= 4 is 5.91 Å². The summed E-state index contributed by atoms with van der Waals surface area (Å²) in [6.45, 7) is 1.89. The van der Waals surface area contributed by atoms with Crippen molar-refractivity contribution in [3.05, 3.63) is 29.3 Å². The zero-order chi connectivity index (χ0) is 12.4. The van der Waals surface area contributed by atoms with Gasteiger partial charge in [0.25, 0.3) is 5.91 Å². The summed E-state index contributed by atoms with van der Waals surface area (Å²) in [7, 11) is 1.68. The molecule has 1 aliphatic carbocycles. The second-order valence-corrected chi connectivity index (χ2v) is 4.52. The van der Waals surface area contributed by atoms with E-state index in [4.69, 9.17) is 4.74 Å². The number of carbonyl (C=O) groups is 1. The van der Waals surface area contributed by atoms with Gasteiger partial charge in [0.15, 0.2) is 0 Å². The fraction of sp³-hybridized carbons (Fsp3) is 0.462. The minimum Gasteiger partial charge on any atom is -0.507 e. The lowest BCUT2D eigenvalue weighted by atomic mass is 9.89. The minimum atomic E-state index is -0.217. The third-order valence-corrected chi connectivity index (χ3v) is 3.16. The zero-order valence-corrected chi connectivity index (χ0v) is 10.1. The number of nitrogens with one attached hydrogen (secondary N) is 1. The van der Waals surface area contributed by atoms with E-state index in [1.165, 1.54) is 0 Å². The van der Waals surface area contributed by atoms with Gasteiger partial charge in [0.05, 0.1) is 11.7 Å². The van der Waals surface area contributed by atoms with E-state index in [0.29, 0.717) is 5.56 Å². The number of aromatic hydroxyl groups is 1. The Morgan fingerprint density at radius 3 is 2.82 bits per heavy atom. The Bertz CT molecular complexity index is 425. The van der Waals surface area contributed by atoms with Crippen LogP contribution in [0.15, 0.2) is 18.2 Å². The van der Waals surface area contributed by atoms with Gasteiger partial charge in [-0.15, -0.1) is 0 Å². The first-order valence-electron chi connectivity index (χ1n) is 5.73. The first-order chi connectivity index (χ1) is 8.10. The van der Waals surface area contributed by atoms with Crippen molar-refractivity contribution in [2.45, 2.75) is 31.9 Å². The van der Waals surface area contributed by atoms with Crippen molar-refractivity contribution in [1.29, 1.82) is 0 Å². The summed E-state index contributed by atoms with van der Waals surface area (Å²) in [5.41, 5.74) is 1.29. The molecular formula is C13H17NO3. The molecule has 0 saturated heterocycles. The summed E-state index contributed by atoms with van der Waals surface area (Å²) in [6.07, 6.45) is 1.94. The molecule has 0 heterocycles. The van der Waals surface area contributed by atoms with Gasteiger partial charge in [-0.05, 0) is 31.9 Å². The van der Waals surface area contributed by atoms with Crippen LogP contribution < -0.4 is 5.32 Å². The molecule has 0 atom stereocenters. The molecule has 4 nitrogen and oxygen atoms in total. The molecule has 1 aliphatic rings. The van der Waals surface area contributed by atoms with E-state index >= 15 is 0 Å². The Morgan fingerprint density at radius 2 is 2.18 bits per heavy atom. The number of amides is 1. The van der Waals surface area contributed by atoms with Gasteiger partial charge in [-0.3, -0.25) is 4.79 Å². The van der Waals surface area contributed by atoms with Gasteiger partial charge in [0.2, 0.25) is 0 Å². The Labute approximate surface area is 101 Å². The fourth-order valence-corrected chi connectivity index (χ4v) is 1.97. The van der Waals surface area contributed by atoms with Gasteiger partial charge in [-0.1, -0.05) is 11.6 Å². The summed E-state index contributed by atoms with van der Waals surface area (Å²) < 4.78 is 5.15. The number of phenols is 1. The number of benzene rings is 1. The standard InChI is InChI=1S/C13H17NO3/c1-8-3-4-12(15)11(5-8)13(16)14-9-6-10(7-9)17-2/h3-5,9-10,15H,6-7H2,1-2H3,(H,14,16). The van der Waals surface area contributed by atoms with E-state index in [2.05, 4.69) is 5.32 Å². The molecule has 1 amide bonds. The molecule has 2 rings (SSSR count). The van der Waals surface area contributed by atoms with E-state index in [-0.39, 0.29) is 23.8 Å². The van der Waals surface area contributed by atoms with Gasteiger partial charge < -0.3 is 15.2 Å². The molecule has 0 radical (unpaired) electrons. The van der Waals surface area contributed by atoms with Crippen LogP contribution in [0.4, 0.5) is 0 Å². The highest BCUT2D eigenvalue weighted by molar-refractivity contribution is 5.97. The molecule has 0 aromatic heterocycles. The Morgan fingerprint density at radius 1 is 1.47 bits per heavy atom. The normalized spacial score (nSPS) is 22.9. The van der Waals surface area contributed by atoms with Crippen LogP contribution >= 0.6 is 0 Å². The van der Waals surface area contributed by atoms with Crippen LogP contribution in [0.3, 0.4) is 0 Å². The van der Waals surface area contributed by atoms with Crippen LogP contribution in [0, 0.1) is 6.92 Å². The molecule has 1 saturated carbocycles. The van der Waals surface area contributed by atoms with Gasteiger partial charge in [-0.2, -0.15) is 0 Å². The number of phenolic OH excluding ortho intramolecular Hbond substituents is 1. The van der Waals surface area contributed by atoms with Crippen molar-refractivity contribution in [2.75, 3.05) is 7.11 Å². The topological polar surface area (TPSA) is 58.6 Å². The van der Waals surface area contributed by atoms with Gasteiger partial charge in [-0.25, -0.2) is 0 Å². The summed E-state index contributed by atoms with van der Waals surface area (Å²) in [5, 5.41) is 12.5. The molecule has 4 heteroatoms. The number of methoxy groups -OCH3 is 1. The van der Waals surface area contributed by atoms with Gasteiger partial charge in [0, 0.05) is 13.2 Å². The number of ether oxygens (including phenoxy) is 1. The van der Waals surface area contributed by atoms with Gasteiger partial charge >= 0.3 is 0 Å². The Kier molecular flexibility index (Phi) is 3.33. The van der Waals surface area contributed by atoms with E-state index < -0.39 is 0 Å². The largest absolute Gasteiger partial charge is 0.507 e. The molecule has 0 aliphatic heterocycles. The molecule has 17 heavy (non-hydrogen) atoms. The molecule has 1 aromatic rings. The number of rotatable bonds is 3. The van der Waals surface area contributed by atoms with Crippen molar-refractivity contribution in [3.63, 3.8) is 0 Å². The summed E-state index contributed by atoms with van der Waals surface area (Å²) in [5.74, 6) is -0.193. The molecule has 0 bridgehead atoms. The minimum absolute atomic E-state index is 0.0238.